The van der Waals surface area contributed by atoms with Gasteiger partial charge in [-0.2, -0.15) is 0 Å². The molecule has 1 nitrogen and oxygen atoms in total. The van der Waals surface area contributed by atoms with Crippen molar-refractivity contribution in [2.45, 2.75) is 64.8 Å². The summed E-state index contributed by atoms with van der Waals surface area (Å²) in [6.45, 7) is 8.36. The van der Waals surface area contributed by atoms with E-state index in [1.54, 1.807) is 0 Å². The average Bonchev–Trinajstić information content (AvgIpc) is 2.09. The maximum atomic E-state index is 2.64. The summed E-state index contributed by atoms with van der Waals surface area (Å²) in [6.07, 6.45) is 8.38. The minimum Gasteiger partial charge on any atom is -0.301 e. The first kappa shape index (κ1) is 12.0. The minimum absolute atomic E-state index is 0.543. The van der Waals surface area contributed by atoms with Crippen LogP contribution in [0.4, 0.5) is 0 Å². The molecule has 1 atom stereocenters. The number of hydrogen-bond acceptors (Lipinski definition) is 1. The van der Waals surface area contributed by atoms with Gasteiger partial charge in [0.25, 0.3) is 0 Å². The van der Waals surface area contributed by atoms with Crippen molar-refractivity contribution < 1.29 is 0 Å². The first-order valence-electron chi connectivity index (χ1n) is 6.32. The molecule has 1 unspecified atom stereocenters. The third-order valence-electron chi connectivity index (χ3n) is 3.70. The molecule has 1 rings (SSSR count). The average molecular weight is 197 g/mol. The van der Waals surface area contributed by atoms with Crippen molar-refractivity contribution in [1.29, 1.82) is 0 Å². The third kappa shape index (κ3) is 2.73. The van der Waals surface area contributed by atoms with E-state index in [9.17, 15) is 0 Å². The fraction of sp³-hybridized carbons (Fsp3) is 1.00. The van der Waals surface area contributed by atoms with Crippen molar-refractivity contribution in [3.8, 4) is 0 Å². The molecule has 1 saturated heterocycles. The second-order valence-electron chi connectivity index (χ2n) is 5.45. The van der Waals surface area contributed by atoms with Crippen molar-refractivity contribution >= 4 is 0 Å². The van der Waals surface area contributed by atoms with Gasteiger partial charge in [-0.1, -0.05) is 33.6 Å². The summed E-state index contributed by atoms with van der Waals surface area (Å²) in [4.78, 5) is 2.64. The molecule has 0 aliphatic carbocycles. The zero-order valence-electron chi connectivity index (χ0n) is 10.5. The maximum Gasteiger partial charge on any atom is 0.0208 e. The van der Waals surface area contributed by atoms with E-state index >= 15 is 0 Å². The van der Waals surface area contributed by atoms with Crippen molar-refractivity contribution in [2.75, 3.05) is 13.6 Å². The number of rotatable bonds is 4. The summed E-state index contributed by atoms with van der Waals surface area (Å²) in [7, 11) is 2.33. The third-order valence-corrected chi connectivity index (χ3v) is 3.70. The van der Waals surface area contributed by atoms with Gasteiger partial charge in [-0.05, 0) is 45.2 Å². The lowest BCUT2D eigenvalue weighted by Gasteiger charge is -2.47. The summed E-state index contributed by atoms with van der Waals surface area (Å²) in [5, 5.41) is 0. The van der Waals surface area contributed by atoms with Gasteiger partial charge < -0.3 is 4.90 Å². The molecule has 14 heavy (non-hydrogen) atoms. The Morgan fingerprint density at radius 2 is 2.00 bits per heavy atom. The highest BCUT2D eigenvalue weighted by atomic mass is 15.2. The number of hydrogen-bond donors (Lipinski definition) is 0. The summed E-state index contributed by atoms with van der Waals surface area (Å²) < 4.78 is 0. The smallest absolute Gasteiger partial charge is 0.0208 e. The Kier molecular flexibility index (Phi) is 4.43. The molecule has 1 heteroatoms. The predicted octanol–water partition coefficient (Wildman–Crippen LogP) is 3.69. The highest BCUT2D eigenvalue weighted by molar-refractivity contribution is 4.92. The highest BCUT2D eigenvalue weighted by Gasteiger charge is 2.35. The molecule has 0 bridgehead atoms. The Balaban J connectivity index is 2.66. The first-order chi connectivity index (χ1) is 6.60. The second-order valence-corrected chi connectivity index (χ2v) is 5.45. The molecule has 0 aromatic carbocycles. The normalized spacial score (nSPS) is 29.8. The van der Waals surface area contributed by atoms with Crippen LogP contribution < -0.4 is 0 Å². The van der Waals surface area contributed by atoms with Crippen molar-refractivity contribution in [3.05, 3.63) is 0 Å². The summed E-state index contributed by atoms with van der Waals surface area (Å²) in [6, 6.07) is 0. The molecule has 1 aliphatic heterocycles. The monoisotopic (exact) mass is 197 g/mol. The van der Waals surface area contributed by atoms with Crippen molar-refractivity contribution in [1.82, 2.24) is 4.90 Å². The molecule has 1 fully saturated rings. The molecule has 0 spiro atoms. The van der Waals surface area contributed by atoms with Gasteiger partial charge in [-0.3, -0.25) is 0 Å². The lowest BCUT2D eigenvalue weighted by molar-refractivity contribution is 0.0441. The van der Waals surface area contributed by atoms with Crippen LogP contribution in [-0.4, -0.2) is 24.0 Å². The summed E-state index contributed by atoms with van der Waals surface area (Å²) >= 11 is 0. The van der Waals surface area contributed by atoms with Crippen LogP contribution in [0.3, 0.4) is 0 Å². The topological polar surface area (TPSA) is 3.24 Å². The molecule has 0 amide bonds. The number of nitrogens with zero attached hydrogens (tertiary/aromatic N) is 1. The Hall–Kier alpha value is -0.0400. The molecule has 0 radical (unpaired) electrons. The van der Waals surface area contributed by atoms with Crippen LogP contribution >= 0.6 is 0 Å². The zero-order valence-corrected chi connectivity index (χ0v) is 10.5. The maximum absolute atomic E-state index is 2.64. The number of piperidine rings is 1. The summed E-state index contributed by atoms with van der Waals surface area (Å²) in [5.74, 6) is 0.835. The van der Waals surface area contributed by atoms with Crippen LogP contribution in [0.1, 0.15) is 59.3 Å². The van der Waals surface area contributed by atoms with Gasteiger partial charge >= 0.3 is 0 Å². The van der Waals surface area contributed by atoms with Crippen LogP contribution in [-0.2, 0) is 0 Å². The standard InChI is InChI=1S/C13H27N/c1-5-8-13(11-12(2)3)9-6-7-10-14(13)4/h12H,5-11H2,1-4H3. The Bertz CT molecular complexity index is 161. The second kappa shape index (κ2) is 5.16. The van der Waals surface area contributed by atoms with Gasteiger partial charge in [0, 0.05) is 5.54 Å². The van der Waals surface area contributed by atoms with Gasteiger partial charge in [0.1, 0.15) is 0 Å². The van der Waals surface area contributed by atoms with E-state index in [-0.39, 0.29) is 0 Å². The Labute approximate surface area is 89.9 Å². The fourth-order valence-corrected chi connectivity index (χ4v) is 3.13. The minimum atomic E-state index is 0.543. The quantitative estimate of drug-likeness (QED) is 0.664. The summed E-state index contributed by atoms with van der Waals surface area (Å²) in [5.41, 5.74) is 0.543. The molecule has 0 N–H and O–H groups in total. The van der Waals surface area contributed by atoms with E-state index in [1.807, 2.05) is 0 Å². The van der Waals surface area contributed by atoms with Gasteiger partial charge in [0.05, 0.1) is 0 Å². The van der Waals surface area contributed by atoms with E-state index in [2.05, 4.69) is 32.7 Å². The van der Waals surface area contributed by atoms with Crippen LogP contribution in [0.5, 0.6) is 0 Å². The van der Waals surface area contributed by atoms with Gasteiger partial charge in [-0.15, -0.1) is 0 Å². The molecule has 0 saturated carbocycles. The van der Waals surface area contributed by atoms with Crippen LogP contribution in [0, 0.1) is 5.92 Å². The van der Waals surface area contributed by atoms with Crippen LogP contribution in [0.2, 0.25) is 0 Å². The molecule has 0 aromatic rings. The van der Waals surface area contributed by atoms with E-state index < -0.39 is 0 Å². The Morgan fingerprint density at radius 1 is 1.29 bits per heavy atom. The molecule has 1 aliphatic rings. The van der Waals surface area contributed by atoms with Crippen LogP contribution in [0.25, 0.3) is 0 Å². The SMILES string of the molecule is CCCC1(CC(C)C)CCCCN1C. The van der Waals surface area contributed by atoms with E-state index in [0.717, 1.165) is 5.92 Å². The van der Waals surface area contributed by atoms with Gasteiger partial charge in [0.15, 0.2) is 0 Å². The lowest BCUT2D eigenvalue weighted by Crippen LogP contribution is -2.50. The molecular formula is C13H27N. The molecular weight excluding hydrogens is 170 g/mol. The molecule has 0 aromatic heterocycles. The van der Waals surface area contributed by atoms with E-state index in [4.69, 9.17) is 0 Å². The largest absolute Gasteiger partial charge is 0.301 e. The number of likely N-dealkylation sites (tertiary alicyclic amines) is 1. The Morgan fingerprint density at radius 3 is 2.50 bits per heavy atom. The first-order valence-corrected chi connectivity index (χ1v) is 6.32. The molecule has 84 valence electrons. The lowest BCUT2D eigenvalue weighted by atomic mass is 9.77. The van der Waals surface area contributed by atoms with Crippen molar-refractivity contribution in [3.63, 3.8) is 0 Å². The van der Waals surface area contributed by atoms with E-state index in [0.29, 0.717) is 5.54 Å². The van der Waals surface area contributed by atoms with Gasteiger partial charge in [0.2, 0.25) is 0 Å². The predicted molar refractivity (Wildman–Crippen MR) is 63.6 cm³/mol. The van der Waals surface area contributed by atoms with Gasteiger partial charge in [-0.25, -0.2) is 0 Å². The molecule has 1 heterocycles. The zero-order chi connectivity index (χ0) is 10.6. The van der Waals surface area contributed by atoms with Crippen molar-refractivity contribution in [2.24, 2.45) is 5.92 Å². The van der Waals surface area contributed by atoms with Crippen LogP contribution in [0.15, 0.2) is 0 Å². The van der Waals surface area contributed by atoms with E-state index in [1.165, 1.54) is 45.1 Å². The fourth-order valence-electron chi connectivity index (χ4n) is 3.13. The highest BCUT2D eigenvalue weighted by Crippen LogP contribution is 2.36.